The number of rotatable bonds is 5. The van der Waals surface area contributed by atoms with Crippen molar-refractivity contribution in [2.45, 2.75) is 37.8 Å². The Hall–Kier alpha value is -2.67. The number of hydrogen-bond donors (Lipinski definition) is 2. The lowest BCUT2D eigenvalue weighted by Crippen LogP contribution is -2.38. The van der Waals surface area contributed by atoms with Gasteiger partial charge in [0.25, 0.3) is 0 Å². The largest absolute Gasteiger partial charge is 0.490 e. The molecular weight excluding hydrogens is 328 g/mol. The van der Waals surface area contributed by atoms with E-state index in [1.807, 2.05) is 35.0 Å². The summed E-state index contributed by atoms with van der Waals surface area (Å²) in [4.78, 5) is 13.6. The van der Waals surface area contributed by atoms with Crippen LogP contribution in [0.2, 0.25) is 0 Å². The van der Waals surface area contributed by atoms with Crippen molar-refractivity contribution in [1.82, 2.24) is 24.7 Å². The molecule has 2 fully saturated rings. The molecular formula is C19H22N6O. The fourth-order valence-electron chi connectivity index (χ4n) is 3.33. The molecule has 0 aromatic carbocycles. The summed E-state index contributed by atoms with van der Waals surface area (Å²) in [6, 6.07) is 6.27. The van der Waals surface area contributed by atoms with Gasteiger partial charge in [0.05, 0.1) is 23.7 Å². The Balaban J connectivity index is 1.40. The van der Waals surface area contributed by atoms with E-state index in [4.69, 9.17) is 9.72 Å². The SMILES string of the molecule is c1cc(-c2cnc3cc(OC4CC4)ccn23)nc(NC2CCCNC2)n1. The number of piperidine rings is 1. The third-order valence-corrected chi connectivity index (χ3v) is 4.86. The average Bonchev–Trinajstić information content (AvgIpc) is 3.39. The first-order chi connectivity index (χ1) is 12.8. The van der Waals surface area contributed by atoms with Crippen LogP contribution in [0.4, 0.5) is 5.95 Å². The van der Waals surface area contributed by atoms with Crippen molar-refractivity contribution in [2.75, 3.05) is 18.4 Å². The molecule has 26 heavy (non-hydrogen) atoms. The van der Waals surface area contributed by atoms with Gasteiger partial charge in [-0.15, -0.1) is 0 Å². The molecule has 0 spiro atoms. The molecule has 1 unspecified atom stereocenters. The van der Waals surface area contributed by atoms with Gasteiger partial charge in [-0.25, -0.2) is 15.0 Å². The summed E-state index contributed by atoms with van der Waals surface area (Å²) in [5.74, 6) is 1.55. The highest BCUT2D eigenvalue weighted by Gasteiger charge is 2.23. The highest BCUT2D eigenvalue weighted by atomic mass is 16.5. The molecule has 1 saturated heterocycles. The summed E-state index contributed by atoms with van der Waals surface area (Å²) in [5.41, 5.74) is 2.67. The van der Waals surface area contributed by atoms with Gasteiger partial charge in [0.15, 0.2) is 0 Å². The van der Waals surface area contributed by atoms with E-state index in [0.29, 0.717) is 18.1 Å². The van der Waals surface area contributed by atoms with E-state index in [2.05, 4.69) is 20.6 Å². The van der Waals surface area contributed by atoms with E-state index in [9.17, 15) is 0 Å². The third kappa shape index (κ3) is 3.22. The highest BCUT2D eigenvalue weighted by Crippen LogP contribution is 2.28. The first kappa shape index (κ1) is 15.6. The normalized spacial score (nSPS) is 20.2. The average molecular weight is 350 g/mol. The van der Waals surface area contributed by atoms with Crippen molar-refractivity contribution < 1.29 is 4.74 Å². The van der Waals surface area contributed by atoms with Gasteiger partial charge in [0, 0.05) is 31.0 Å². The summed E-state index contributed by atoms with van der Waals surface area (Å²) < 4.78 is 7.89. The lowest BCUT2D eigenvalue weighted by atomic mass is 10.1. The summed E-state index contributed by atoms with van der Waals surface area (Å²) in [6.45, 7) is 2.04. The second-order valence-electron chi connectivity index (χ2n) is 7.00. The maximum Gasteiger partial charge on any atom is 0.223 e. The van der Waals surface area contributed by atoms with E-state index < -0.39 is 0 Å². The predicted octanol–water partition coefficient (Wildman–Crippen LogP) is 2.50. The molecule has 7 heteroatoms. The van der Waals surface area contributed by atoms with Gasteiger partial charge in [-0.05, 0) is 44.4 Å². The molecule has 4 heterocycles. The van der Waals surface area contributed by atoms with Crippen molar-refractivity contribution in [2.24, 2.45) is 0 Å². The number of nitrogens with zero attached hydrogens (tertiary/aromatic N) is 4. The lowest BCUT2D eigenvalue weighted by molar-refractivity contribution is 0.303. The van der Waals surface area contributed by atoms with Crippen LogP contribution in [0, 0.1) is 0 Å². The predicted molar refractivity (Wildman–Crippen MR) is 99.4 cm³/mol. The van der Waals surface area contributed by atoms with Crippen molar-refractivity contribution in [3.8, 4) is 17.1 Å². The molecule has 7 nitrogen and oxygen atoms in total. The maximum atomic E-state index is 5.86. The maximum absolute atomic E-state index is 5.86. The Morgan fingerprint density at radius 3 is 3.00 bits per heavy atom. The molecule has 2 N–H and O–H groups in total. The van der Waals surface area contributed by atoms with Crippen LogP contribution in [0.1, 0.15) is 25.7 Å². The van der Waals surface area contributed by atoms with Crippen molar-refractivity contribution >= 4 is 11.6 Å². The highest BCUT2D eigenvalue weighted by molar-refractivity contribution is 5.62. The van der Waals surface area contributed by atoms with E-state index in [0.717, 1.165) is 55.1 Å². The minimum atomic E-state index is 0.378. The second-order valence-corrected chi connectivity index (χ2v) is 7.00. The number of nitrogens with one attached hydrogen (secondary N) is 2. The van der Waals surface area contributed by atoms with Gasteiger partial charge >= 0.3 is 0 Å². The third-order valence-electron chi connectivity index (χ3n) is 4.86. The van der Waals surface area contributed by atoms with Crippen LogP contribution in [-0.2, 0) is 0 Å². The summed E-state index contributed by atoms with van der Waals surface area (Å²) in [7, 11) is 0. The molecule has 0 amide bonds. The topological polar surface area (TPSA) is 76.4 Å². The van der Waals surface area contributed by atoms with Crippen molar-refractivity contribution in [3.05, 3.63) is 36.8 Å². The minimum Gasteiger partial charge on any atom is -0.490 e. The van der Waals surface area contributed by atoms with Gasteiger partial charge in [-0.1, -0.05) is 0 Å². The number of imidazole rings is 1. The number of ether oxygens (including phenoxy) is 1. The zero-order valence-corrected chi connectivity index (χ0v) is 14.6. The Kier molecular flexibility index (Phi) is 3.93. The molecule has 134 valence electrons. The second kappa shape index (κ2) is 6.57. The molecule has 3 aromatic rings. The molecule has 2 aliphatic rings. The molecule has 1 aliphatic carbocycles. The fourth-order valence-corrected chi connectivity index (χ4v) is 3.33. The summed E-state index contributed by atoms with van der Waals surface area (Å²) in [6.07, 6.45) is 10.6. The number of hydrogen-bond acceptors (Lipinski definition) is 6. The van der Waals surface area contributed by atoms with Crippen LogP contribution in [-0.4, -0.2) is 44.6 Å². The Morgan fingerprint density at radius 2 is 2.15 bits per heavy atom. The Labute approximate surface area is 151 Å². The monoisotopic (exact) mass is 350 g/mol. The molecule has 0 bridgehead atoms. The van der Waals surface area contributed by atoms with Gasteiger partial charge in [-0.3, -0.25) is 4.40 Å². The lowest BCUT2D eigenvalue weighted by Gasteiger charge is -2.23. The quantitative estimate of drug-likeness (QED) is 0.736. The van der Waals surface area contributed by atoms with Crippen LogP contribution in [0.5, 0.6) is 5.75 Å². The first-order valence-electron chi connectivity index (χ1n) is 9.29. The smallest absolute Gasteiger partial charge is 0.223 e. The molecule has 3 aromatic heterocycles. The van der Waals surface area contributed by atoms with Crippen LogP contribution in [0.3, 0.4) is 0 Å². The van der Waals surface area contributed by atoms with Gasteiger partial charge in [-0.2, -0.15) is 0 Å². The zero-order chi connectivity index (χ0) is 17.3. The molecule has 1 aliphatic heterocycles. The van der Waals surface area contributed by atoms with E-state index in [1.54, 1.807) is 6.20 Å². The van der Waals surface area contributed by atoms with Gasteiger partial charge in [0.1, 0.15) is 11.4 Å². The number of fused-ring (bicyclic) bond motifs is 1. The zero-order valence-electron chi connectivity index (χ0n) is 14.6. The molecule has 5 rings (SSSR count). The molecule has 1 atom stereocenters. The van der Waals surface area contributed by atoms with Crippen molar-refractivity contribution in [1.29, 1.82) is 0 Å². The van der Waals surface area contributed by atoms with E-state index in [-0.39, 0.29) is 0 Å². The van der Waals surface area contributed by atoms with Crippen LogP contribution >= 0.6 is 0 Å². The van der Waals surface area contributed by atoms with Crippen LogP contribution in [0.15, 0.2) is 36.8 Å². The Bertz CT molecular complexity index is 913. The first-order valence-corrected chi connectivity index (χ1v) is 9.29. The van der Waals surface area contributed by atoms with Gasteiger partial charge < -0.3 is 15.4 Å². The van der Waals surface area contributed by atoms with Crippen molar-refractivity contribution in [3.63, 3.8) is 0 Å². The minimum absolute atomic E-state index is 0.378. The summed E-state index contributed by atoms with van der Waals surface area (Å²) in [5, 5.41) is 6.84. The van der Waals surface area contributed by atoms with Gasteiger partial charge in [0.2, 0.25) is 5.95 Å². The number of anilines is 1. The summed E-state index contributed by atoms with van der Waals surface area (Å²) >= 11 is 0. The standard InChI is InChI=1S/C19H22N6O/c1-2-13(11-20-7-1)23-19-21-8-5-16(24-19)17-12-22-18-10-15(6-9-25(17)18)26-14-3-4-14/h5-6,8-10,12-14,20H,1-4,7,11H2,(H,21,23,24). The van der Waals surface area contributed by atoms with Crippen LogP contribution in [0.25, 0.3) is 17.0 Å². The Morgan fingerprint density at radius 1 is 1.19 bits per heavy atom. The number of pyridine rings is 1. The number of aromatic nitrogens is 4. The molecule has 0 radical (unpaired) electrons. The van der Waals surface area contributed by atoms with E-state index >= 15 is 0 Å². The fraction of sp³-hybridized carbons (Fsp3) is 0.421. The molecule has 1 saturated carbocycles. The van der Waals surface area contributed by atoms with Crippen LogP contribution < -0.4 is 15.4 Å². The van der Waals surface area contributed by atoms with E-state index in [1.165, 1.54) is 6.42 Å².